The molecular formula is C12H23N3OS. The molecule has 2 saturated heterocycles. The fourth-order valence-corrected chi connectivity index (χ4v) is 4.22. The highest BCUT2D eigenvalue weighted by atomic mass is 32.2. The fourth-order valence-electron chi connectivity index (χ4n) is 2.72. The number of thioether (sulfide) groups is 1. The molecule has 3 unspecified atom stereocenters. The molecule has 5 heteroatoms. The molecule has 0 aliphatic carbocycles. The van der Waals surface area contributed by atoms with Crippen LogP contribution < -0.4 is 10.6 Å². The fraction of sp³-hybridized carbons (Fsp3) is 0.917. The Hall–Kier alpha value is -0.260. The lowest BCUT2D eigenvalue weighted by Crippen LogP contribution is -2.61. The minimum Gasteiger partial charge on any atom is -0.355 e. The van der Waals surface area contributed by atoms with Crippen LogP contribution >= 0.6 is 11.8 Å². The second-order valence-corrected chi connectivity index (χ2v) is 6.01. The molecule has 2 aliphatic rings. The van der Waals surface area contributed by atoms with Crippen molar-refractivity contribution in [1.29, 1.82) is 0 Å². The van der Waals surface area contributed by atoms with E-state index in [-0.39, 0.29) is 11.9 Å². The standard InChI is InChI=1S/C12H23N3OS/c1-3-14-12(16)10-6-13-4-5-15(10)11-8-17-7-9(11)2/h9-11,13H,3-8H2,1-2H3,(H,14,16). The van der Waals surface area contributed by atoms with Gasteiger partial charge < -0.3 is 10.6 Å². The van der Waals surface area contributed by atoms with Gasteiger partial charge in [0.2, 0.25) is 5.91 Å². The largest absolute Gasteiger partial charge is 0.355 e. The maximum absolute atomic E-state index is 12.1. The van der Waals surface area contributed by atoms with Crippen LogP contribution in [-0.2, 0) is 4.79 Å². The van der Waals surface area contributed by atoms with Crippen LogP contribution in [0.5, 0.6) is 0 Å². The number of likely N-dealkylation sites (N-methyl/N-ethyl adjacent to an activating group) is 1. The first-order chi connectivity index (χ1) is 8.24. The van der Waals surface area contributed by atoms with Crippen molar-refractivity contribution >= 4 is 17.7 Å². The summed E-state index contributed by atoms with van der Waals surface area (Å²) in [6.45, 7) is 7.80. The van der Waals surface area contributed by atoms with Gasteiger partial charge >= 0.3 is 0 Å². The van der Waals surface area contributed by atoms with Crippen LogP contribution in [-0.4, -0.2) is 60.6 Å². The van der Waals surface area contributed by atoms with E-state index >= 15 is 0 Å². The van der Waals surface area contributed by atoms with E-state index in [0.717, 1.165) is 26.2 Å². The van der Waals surface area contributed by atoms with Gasteiger partial charge in [0.25, 0.3) is 0 Å². The van der Waals surface area contributed by atoms with Crippen molar-refractivity contribution in [3.05, 3.63) is 0 Å². The van der Waals surface area contributed by atoms with E-state index in [1.807, 2.05) is 18.7 Å². The molecule has 0 radical (unpaired) electrons. The third-order valence-corrected chi connectivity index (χ3v) is 5.03. The summed E-state index contributed by atoms with van der Waals surface area (Å²) >= 11 is 2.02. The Morgan fingerprint density at radius 3 is 3.00 bits per heavy atom. The van der Waals surface area contributed by atoms with Gasteiger partial charge in [0.1, 0.15) is 6.04 Å². The lowest BCUT2D eigenvalue weighted by molar-refractivity contribution is -0.128. The summed E-state index contributed by atoms with van der Waals surface area (Å²) in [5, 5.41) is 6.29. The molecule has 1 amide bonds. The zero-order valence-corrected chi connectivity index (χ0v) is 11.6. The number of rotatable bonds is 3. The number of amides is 1. The van der Waals surface area contributed by atoms with Crippen molar-refractivity contribution < 1.29 is 4.79 Å². The number of piperazine rings is 1. The van der Waals surface area contributed by atoms with Gasteiger partial charge in [-0.25, -0.2) is 0 Å². The first kappa shape index (κ1) is 13.2. The van der Waals surface area contributed by atoms with Crippen LogP contribution in [0.15, 0.2) is 0 Å². The summed E-state index contributed by atoms with van der Waals surface area (Å²) in [5.74, 6) is 3.30. The third kappa shape index (κ3) is 2.95. The lowest BCUT2D eigenvalue weighted by atomic mass is 10.0. The highest BCUT2D eigenvalue weighted by molar-refractivity contribution is 7.99. The molecule has 0 aromatic carbocycles. The molecule has 0 spiro atoms. The minimum atomic E-state index is 0.0230. The Bertz CT molecular complexity index is 274. The smallest absolute Gasteiger partial charge is 0.238 e. The van der Waals surface area contributed by atoms with Crippen LogP contribution in [0.2, 0.25) is 0 Å². The summed E-state index contributed by atoms with van der Waals surface area (Å²) in [6, 6.07) is 0.601. The van der Waals surface area contributed by atoms with Gasteiger partial charge in [-0.15, -0.1) is 0 Å². The van der Waals surface area contributed by atoms with E-state index in [9.17, 15) is 4.79 Å². The van der Waals surface area contributed by atoms with Crippen molar-refractivity contribution in [2.75, 3.05) is 37.7 Å². The van der Waals surface area contributed by atoms with Gasteiger partial charge in [-0.2, -0.15) is 11.8 Å². The maximum Gasteiger partial charge on any atom is 0.238 e. The average Bonchev–Trinajstić information content (AvgIpc) is 2.76. The van der Waals surface area contributed by atoms with Crippen LogP contribution in [0.1, 0.15) is 13.8 Å². The highest BCUT2D eigenvalue weighted by Crippen LogP contribution is 2.29. The van der Waals surface area contributed by atoms with Crippen LogP contribution in [0.3, 0.4) is 0 Å². The quantitative estimate of drug-likeness (QED) is 0.755. The normalized spacial score (nSPS) is 34.8. The number of hydrogen-bond acceptors (Lipinski definition) is 4. The summed E-state index contributed by atoms with van der Waals surface area (Å²) in [6.07, 6.45) is 0. The predicted molar refractivity (Wildman–Crippen MR) is 72.3 cm³/mol. The Balaban J connectivity index is 2.03. The first-order valence-electron chi connectivity index (χ1n) is 6.56. The average molecular weight is 257 g/mol. The molecular weight excluding hydrogens is 234 g/mol. The Kier molecular flexibility index (Phi) is 4.70. The molecule has 2 heterocycles. The van der Waals surface area contributed by atoms with Crippen LogP contribution in [0.25, 0.3) is 0 Å². The number of carbonyl (C=O) groups excluding carboxylic acids is 1. The topological polar surface area (TPSA) is 44.4 Å². The van der Waals surface area contributed by atoms with Crippen molar-refractivity contribution in [2.45, 2.75) is 25.9 Å². The second kappa shape index (κ2) is 6.07. The molecule has 2 N–H and O–H groups in total. The molecule has 2 fully saturated rings. The molecule has 0 saturated carbocycles. The Morgan fingerprint density at radius 2 is 2.35 bits per heavy atom. The number of carbonyl (C=O) groups is 1. The molecule has 2 aliphatic heterocycles. The summed E-state index contributed by atoms with van der Waals surface area (Å²) in [4.78, 5) is 14.5. The molecule has 4 nitrogen and oxygen atoms in total. The maximum atomic E-state index is 12.1. The van der Waals surface area contributed by atoms with Gasteiger partial charge in [0, 0.05) is 38.0 Å². The molecule has 98 valence electrons. The zero-order valence-electron chi connectivity index (χ0n) is 10.7. The van der Waals surface area contributed by atoms with E-state index < -0.39 is 0 Å². The van der Waals surface area contributed by atoms with Gasteiger partial charge in [0.15, 0.2) is 0 Å². The van der Waals surface area contributed by atoms with Crippen molar-refractivity contribution in [3.63, 3.8) is 0 Å². The zero-order chi connectivity index (χ0) is 12.3. The van der Waals surface area contributed by atoms with E-state index in [2.05, 4.69) is 22.5 Å². The summed E-state index contributed by atoms with van der Waals surface area (Å²) in [5.41, 5.74) is 0. The Labute approximate surface area is 108 Å². The molecule has 2 rings (SSSR count). The van der Waals surface area contributed by atoms with Gasteiger partial charge in [-0.1, -0.05) is 6.92 Å². The monoisotopic (exact) mass is 257 g/mol. The van der Waals surface area contributed by atoms with E-state index in [4.69, 9.17) is 0 Å². The highest BCUT2D eigenvalue weighted by Gasteiger charge is 2.37. The Morgan fingerprint density at radius 1 is 1.53 bits per heavy atom. The first-order valence-corrected chi connectivity index (χ1v) is 7.71. The molecule has 0 aromatic heterocycles. The molecule has 17 heavy (non-hydrogen) atoms. The van der Waals surface area contributed by atoms with Gasteiger partial charge in [0.05, 0.1) is 0 Å². The van der Waals surface area contributed by atoms with Crippen LogP contribution in [0, 0.1) is 5.92 Å². The third-order valence-electron chi connectivity index (χ3n) is 3.69. The second-order valence-electron chi connectivity index (χ2n) is 4.93. The summed E-state index contributed by atoms with van der Waals surface area (Å²) < 4.78 is 0. The molecule has 3 atom stereocenters. The predicted octanol–water partition coefficient (Wildman–Crippen LogP) is 0.148. The SMILES string of the molecule is CCNC(=O)C1CNCCN1C1CSCC1C. The minimum absolute atomic E-state index is 0.0230. The lowest BCUT2D eigenvalue weighted by Gasteiger charge is -2.40. The van der Waals surface area contributed by atoms with Crippen molar-refractivity contribution in [2.24, 2.45) is 5.92 Å². The number of hydrogen-bond donors (Lipinski definition) is 2. The van der Waals surface area contributed by atoms with E-state index in [1.165, 1.54) is 11.5 Å². The molecule has 0 aromatic rings. The van der Waals surface area contributed by atoms with Crippen molar-refractivity contribution in [3.8, 4) is 0 Å². The summed E-state index contributed by atoms with van der Waals surface area (Å²) in [7, 11) is 0. The van der Waals surface area contributed by atoms with Crippen molar-refractivity contribution in [1.82, 2.24) is 15.5 Å². The van der Waals surface area contributed by atoms with Gasteiger partial charge in [-0.3, -0.25) is 9.69 Å². The number of nitrogens with one attached hydrogen (secondary N) is 2. The van der Waals surface area contributed by atoms with E-state index in [1.54, 1.807) is 0 Å². The van der Waals surface area contributed by atoms with Gasteiger partial charge in [-0.05, 0) is 18.6 Å². The number of nitrogens with zero attached hydrogens (tertiary/aromatic N) is 1. The molecule has 0 bridgehead atoms. The van der Waals surface area contributed by atoms with E-state index in [0.29, 0.717) is 12.0 Å². The van der Waals surface area contributed by atoms with Crippen LogP contribution in [0.4, 0.5) is 0 Å².